The number of hydrogen-bond donors (Lipinski definition) is 1. The highest BCUT2D eigenvalue weighted by molar-refractivity contribution is 7.94. The lowest BCUT2D eigenvalue weighted by molar-refractivity contribution is 0.570. The summed E-state index contributed by atoms with van der Waals surface area (Å²) in [6.45, 7) is -0.399. The van der Waals surface area contributed by atoms with Gasteiger partial charge in [-0.3, -0.25) is 0 Å². The van der Waals surface area contributed by atoms with Gasteiger partial charge in [0.25, 0.3) is 0 Å². The molecular formula is C16H13ClFNO4S4. The Morgan fingerprint density at radius 3 is 2.26 bits per heavy atom. The van der Waals surface area contributed by atoms with Gasteiger partial charge in [-0.1, -0.05) is 29.8 Å². The minimum Gasteiger partial charge on any atom is -0.222 e. The molecular weight excluding hydrogens is 453 g/mol. The second-order valence-corrected chi connectivity index (χ2v) is 12.4. The Labute approximate surface area is 169 Å². The SMILES string of the molecule is O=S(=O)(NCC(c1ccc(F)cc1)S(=O)(=O)c1cccs1)c1ccc(Cl)s1. The topological polar surface area (TPSA) is 80.3 Å². The molecule has 2 heterocycles. The summed E-state index contributed by atoms with van der Waals surface area (Å²) in [5.41, 5.74) is 0.289. The van der Waals surface area contributed by atoms with E-state index < -0.39 is 37.5 Å². The molecule has 1 atom stereocenters. The average molecular weight is 466 g/mol. The van der Waals surface area contributed by atoms with Crippen LogP contribution >= 0.6 is 34.3 Å². The van der Waals surface area contributed by atoms with Crippen LogP contribution in [0, 0.1) is 5.82 Å². The van der Waals surface area contributed by atoms with E-state index in [1.807, 2.05) is 0 Å². The van der Waals surface area contributed by atoms with Gasteiger partial charge in [-0.15, -0.1) is 22.7 Å². The van der Waals surface area contributed by atoms with Gasteiger partial charge in [-0.05, 0) is 41.3 Å². The number of rotatable bonds is 7. The van der Waals surface area contributed by atoms with Crippen molar-refractivity contribution in [1.82, 2.24) is 4.72 Å². The smallest absolute Gasteiger partial charge is 0.222 e. The Morgan fingerprint density at radius 2 is 1.70 bits per heavy atom. The van der Waals surface area contributed by atoms with E-state index in [0.29, 0.717) is 4.34 Å². The van der Waals surface area contributed by atoms with Gasteiger partial charge in [0.2, 0.25) is 10.0 Å². The van der Waals surface area contributed by atoms with Crippen LogP contribution in [-0.4, -0.2) is 23.4 Å². The highest BCUT2D eigenvalue weighted by Gasteiger charge is 2.32. The lowest BCUT2D eigenvalue weighted by Crippen LogP contribution is -2.31. The third-order valence-corrected chi connectivity index (χ3v) is 10.3. The molecule has 0 aliphatic carbocycles. The Balaban J connectivity index is 1.94. The third kappa shape index (κ3) is 4.58. The maximum absolute atomic E-state index is 13.2. The summed E-state index contributed by atoms with van der Waals surface area (Å²) >= 11 is 7.68. The first kappa shape index (κ1) is 20.4. The van der Waals surface area contributed by atoms with Crippen molar-refractivity contribution >= 4 is 54.1 Å². The molecule has 1 N–H and O–H groups in total. The molecule has 3 aromatic rings. The zero-order valence-electron chi connectivity index (χ0n) is 13.5. The second-order valence-electron chi connectivity index (χ2n) is 5.43. The van der Waals surface area contributed by atoms with Crippen molar-refractivity contribution in [3.05, 3.63) is 69.6 Å². The van der Waals surface area contributed by atoms with Crippen molar-refractivity contribution in [3.63, 3.8) is 0 Å². The van der Waals surface area contributed by atoms with Crippen LogP contribution in [0.2, 0.25) is 4.34 Å². The fourth-order valence-electron chi connectivity index (χ4n) is 2.35. The van der Waals surface area contributed by atoms with Gasteiger partial charge in [0.1, 0.15) is 19.5 Å². The van der Waals surface area contributed by atoms with E-state index in [0.717, 1.165) is 34.8 Å². The molecule has 3 rings (SSSR count). The minimum atomic E-state index is -3.93. The summed E-state index contributed by atoms with van der Waals surface area (Å²) < 4.78 is 66.8. The lowest BCUT2D eigenvalue weighted by atomic mass is 10.1. The van der Waals surface area contributed by atoms with Crippen LogP contribution < -0.4 is 4.72 Å². The van der Waals surface area contributed by atoms with Crippen molar-refractivity contribution in [1.29, 1.82) is 0 Å². The minimum absolute atomic E-state index is 0.0149. The van der Waals surface area contributed by atoms with Crippen molar-refractivity contribution in [2.24, 2.45) is 0 Å². The van der Waals surface area contributed by atoms with Crippen LogP contribution in [0.5, 0.6) is 0 Å². The van der Waals surface area contributed by atoms with E-state index >= 15 is 0 Å². The molecule has 1 aromatic carbocycles. The molecule has 5 nitrogen and oxygen atoms in total. The molecule has 0 saturated carbocycles. The van der Waals surface area contributed by atoms with Crippen LogP contribution in [0.3, 0.4) is 0 Å². The number of halogens is 2. The normalized spacial score (nSPS) is 13.6. The molecule has 0 fully saturated rings. The maximum Gasteiger partial charge on any atom is 0.250 e. The first-order valence-corrected chi connectivity index (χ1v) is 12.6. The predicted octanol–water partition coefficient (Wildman–Crippen LogP) is 4.10. The molecule has 0 aliphatic rings. The van der Waals surface area contributed by atoms with Gasteiger partial charge in [0, 0.05) is 6.54 Å². The predicted molar refractivity (Wildman–Crippen MR) is 105 cm³/mol. The van der Waals surface area contributed by atoms with Gasteiger partial charge in [-0.2, -0.15) is 0 Å². The summed E-state index contributed by atoms with van der Waals surface area (Å²) in [7, 11) is -7.81. The lowest BCUT2D eigenvalue weighted by Gasteiger charge is -2.18. The maximum atomic E-state index is 13.2. The standard InChI is InChI=1S/C16H13ClFNO4S4/c17-14-7-8-16(25-14)27(22,23)19-10-13(11-3-5-12(18)6-4-11)26(20,21)15-2-1-9-24-15/h1-9,13,19H,10H2. The molecule has 0 saturated heterocycles. The van der Waals surface area contributed by atoms with Crippen molar-refractivity contribution in [2.75, 3.05) is 6.54 Å². The first-order chi connectivity index (χ1) is 12.7. The molecule has 0 amide bonds. The Bertz CT molecular complexity index is 1120. The monoisotopic (exact) mass is 465 g/mol. The van der Waals surface area contributed by atoms with E-state index in [1.165, 1.54) is 30.3 Å². The summed E-state index contributed by atoms with van der Waals surface area (Å²) in [5.74, 6) is -0.514. The van der Waals surface area contributed by atoms with Gasteiger partial charge in [0.15, 0.2) is 9.84 Å². The van der Waals surface area contributed by atoms with E-state index in [2.05, 4.69) is 4.72 Å². The van der Waals surface area contributed by atoms with Crippen LogP contribution in [0.15, 0.2) is 62.3 Å². The summed E-state index contributed by atoms with van der Waals surface area (Å²) in [4.78, 5) is 0. The zero-order chi connectivity index (χ0) is 19.7. The fraction of sp³-hybridized carbons (Fsp3) is 0.125. The van der Waals surface area contributed by atoms with Crippen LogP contribution in [0.1, 0.15) is 10.8 Å². The van der Waals surface area contributed by atoms with E-state index in [1.54, 1.807) is 11.4 Å². The highest BCUT2D eigenvalue weighted by Crippen LogP contribution is 2.32. The molecule has 0 aliphatic heterocycles. The first-order valence-electron chi connectivity index (χ1n) is 7.48. The van der Waals surface area contributed by atoms with E-state index in [9.17, 15) is 21.2 Å². The number of nitrogens with one attached hydrogen (secondary N) is 1. The van der Waals surface area contributed by atoms with Gasteiger partial charge < -0.3 is 0 Å². The molecule has 144 valence electrons. The summed E-state index contributed by atoms with van der Waals surface area (Å²) in [6, 6.07) is 10.8. The summed E-state index contributed by atoms with van der Waals surface area (Å²) in [6.07, 6.45) is 0. The zero-order valence-corrected chi connectivity index (χ0v) is 17.5. The van der Waals surface area contributed by atoms with Crippen molar-refractivity contribution in [3.8, 4) is 0 Å². The highest BCUT2D eigenvalue weighted by atomic mass is 35.5. The number of benzene rings is 1. The van der Waals surface area contributed by atoms with Crippen molar-refractivity contribution < 1.29 is 21.2 Å². The Morgan fingerprint density at radius 1 is 1.00 bits per heavy atom. The van der Waals surface area contributed by atoms with Crippen molar-refractivity contribution in [2.45, 2.75) is 13.7 Å². The number of sulfonamides is 1. The number of hydrogen-bond acceptors (Lipinski definition) is 6. The molecule has 1 unspecified atom stereocenters. The number of sulfone groups is 1. The van der Waals surface area contributed by atoms with Crippen LogP contribution in [0.4, 0.5) is 4.39 Å². The van der Waals surface area contributed by atoms with Gasteiger partial charge >= 0.3 is 0 Å². The van der Waals surface area contributed by atoms with Gasteiger partial charge in [0.05, 0.1) is 4.34 Å². The second kappa shape index (κ2) is 7.98. The molecule has 0 bridgehead atoms. The van der Waals surface area contributed by atoms with Crippen LogP contribution in [0.25, 0.3) is 0 Å². The average Bonchev–Trinajstić information content (AvgIpc) is 3.28. The largest absolute Gasteiger partial charge is 0.250 e. The molecule has 27 heavy (non-hydrogen) atoms. The van der Waals surface area contributed by atoms with E-state index in [4.69, 9.17) is 11.6 Å². The van der Waals surface area contributed by atoms with Crippen LogP contribution in [-0.2, 0) is 19.9 Å². The summed E-state index contributed by atoms with van der Waals surface area (Å²) in [5, 5.41) is 0.411. The molecule has 0 radical (unpaired) electrons. The third-order valence-electron chi connectivity index (χ3n) is 3.66. The Hall–Kier alpha value is -1.30. The molecule has 0 spiro atoms. The Kier molecular flexibility index (Phi) is 6.04. The molecule has 2 aromatic heterocycles. The van der Waals surface area contributed by atoms with E-state index in [-0.39, 0.29) is 14.0 Å². The van der Waals surface area contributed by atoms with Gasteiger partial charge in [-0.25, -0.2) is 25.9 Å². The fourth-order valence-corrected chi connectivity index (χ4v) is 7.90. The number of thiophene rings is 2. The quantitative estimate of drug-likeness (QED) is 0.569. The molecule has 11 heteroatoms.